The number of fused-ring (bicyclic) bond motifs is 4. The van der Waals surface area contributed by atoms with Crippen molar-refractivity contribution in [2.75, 3.05) is 26.3 Å². The Labute approximate surface area is 601 Å². The van der Waals surface area contributed by atoms with Gasteiger partial charge in [-0.1, -0.05) is 157 Å². The van der Waals surface area contributed by atoms with Crippen molar-refractivity contribution in [3.8, 4) is 83.9 Å². The van der Waals surface area contributed by atoms with Gasteiger partial charge in [0.05, 0.1) is 50.1 Å². The molecule has 12 rings (SSSR count). The van der Waals surface area contributed by atoms with Crippen molar-refractivity contribution in [2.45, 2.75) is 172 Å². The minimum atomic E-state index is -1.01. The first-order valence-electron chi connectivity index (χ1n) is 35.7. The van der Waals surface area contributed by atoms with Crippen LogP contribution in [0.1, 0.15) is 209 Å². The summed E-state index contributed by atoms with van der Waals surface area (Å²) in [6.07, 6.45) is 16.5. The number of aryl methyl sites for hydroxylation is 2. The smallest absolute Gasteiger partial charge is 0.263 e. The predicted molar refractivity (Wildman–Crippen MR) is 411 cm³/mol. The van der Waals surface area contributed by atoms with Gasteiger partial charge in [-0.15, -0.1) is 68.0 Å². The van der Waals surface area contributed by atoms with Crippen LogP contribution in [0.4, 0.5) is 8.78 Å². The summed E-state index contributed by atoms with van der Waals surface area (Å²) < 4.78 is 49.4. The first-order valence-corrected chi connectivity index (χ1v) is 40.6. The standard InChI is InChI=1S/C82H90F2N2O6S6/c1-11-19-25-49(15-5)43-85-79(87)66-48(10)94-76(69(66)80(85)88)63-37-35-61(95-63)57-33-34-58(73(84)72(57)83)62-36-38-64(96-62)77-70-71(82(90)86(81(70)89)44-50(16-6)26-20-12-2)78(98-77)65-42-60-68(54-30-24-32-56(41-54)92-46-52(18-8)28-22-14-4)74-59(39-47(9)93-74)67(75(60)97-65)53-29-23-31-55(40-53)91-45-51(17-7)27-21-13-3/h23-24,29-42,49-52H,11-22,25-28,43-46H2,1-10H3. The van der Waals surface area contributed by atoms with E-state index in [0.717, 1.165) is 154 Å². The van der Waals surface area contributed by atoms with Gasteiger partial charge in [0.25, 0.3) is 23.6 Å². The van der Waals surface area contributed by atoms with Crippen LogP contribution >= 0.6 is 68.0 Å². The van der Waals surface area contributed by atoms with Gasteiger partial charge in [0, 0.05) is 89.7 Å². The molecule has 16 heteroatoms. The summed E-state index contributed by atoms with van der Waals surface area (Å²) >= 11 is 8.76. The van der Waals surface area contributed by atoms with Crippen LogP contribution in [0, 0.1) is 49.2 Å². The highest BCUT2D eigenvalue weighted by molar-refractivity contribution is 7.30. The molecule has 0 spiro atoms. The summed E-state index contributed by atoms with van der Waals surface area (Å²) in [5, 5.41) is 2.15. The number of imide groups is 2. The maximum absolute atomic E-state index is 17.0. The third-order valence-corrected chi connectivity index (χ3v) is 27.5. The molecular weight excluding hydrogens is 1340 g/mol. The second-order valence-corrected chi connectivity index (χ2v) is 33.6. The maximum Gasteiger partial charge on any atom is 0.263 e. The number of unbranched alkanes of at least 4 members (excludes halogenated alkanes) is 4. The lowest BCUT2D eigenvalue weighted by atomic mass is 9.93. The van der Waals surface area contributed by atoms with Crippen molar-refractivity contribution in [2.24, 2.45) is 23.7 Å². The number of rotatable bonds is 33. The Morgan fingerprint density at radius 1 is 0.398 bits per heavy atom. The highest BCUT2D eigenvalue weighted by Crippen LogP contribution is 2.56. The number of carbonyl (C=O) groups is 4. The Morgan fingerprint density at radius 3 is 1.26 bits per heavy atom. The van der Waals surface area contributed by atoms with Gasteiger partial charge in [-0.3, -0.25) is 29.0 Å². The van der Waals surface area contributed by atoms with Gasteiger partial charge >= 0.3 is 0 Å². The third kappa shape index (κ3) is 14.1. The fraction of sp³-hybridized carbons (Fsp3) is 0.415. The van der Waals surface area contributed by atoms with Gasteiger partial charge in [-0.25, -0.2) is 8.78 Å². The van der Waals surface area contributed by atoms with Crippen molar-refractivity contribution in [1.82, 2.24) is 9.80 Å². The van der Waals surface area contributed by atoms with E-state index in [0.29, 0.717) is 94.5 Å². The second kappa shape index (κ2) is 31.5. The fourth-order valence-electron chi connectivity index (χ4n) is 14.2. The number of amides is 4. The summed E-state index contributed by atoms with van der Waals surface area (Å²) in [6.45, 7) is 23.5. The van der Waals surface area contributed by atoms with Gasteiger partial charge < -0.3 is 9.47 Å². The average molecular weight is 1430 g/mol. The molecule has 0 saturated carbocycles. The van der Waals surface area contributed by atoms with Crippen LogP contribution in [0.3, 0.4) is 0 Å². The number of hydrogen-bond donors (Lipinski definition) is 0. The molecule has 0 aliphatic carbocycles. The molecule has 0 fully saturated rings. The summed E-state index contributed by atoms with van der Waals surface area (Å²) in [5.41, 5.74) is 5.96. The van der Waals surface area contributed by atoms with Crippen LogP contribution in [0.5, 0.6) is 11.5 Å². The van der Waals surface area contributed by atoms with Gasteiger partial charge in [0.15, 0.2) is 11.6 Å². The van der Waals surface area contributed by atoms with Crippen molar-refractivity contribution in [3.63, 3.8) is 0 Å². The molecule has 0 radical (unpaired) electrons. The molecule has 2 aliphatic rings. The molecule has 2 aliphatic heterocycles. The molecule has 4 atom stereocenters. The van der Waals surface area contributed by atoms with Crippen LogP contribution in [0.25, 0.3) is 92.6 Å². The number of thiophene rings is 6. The number of halogens is 2. The molecule has 8 heterocycles. The van der Waals surface area contributed by atoms with E-state index in [1.165, 1.54) is 72.9 Å². The normalized spacial score (nSPS) is 14.4. The molecular formula is C82H90F2N2O6S6. The van der Waals surface area contributed by atoms with Crippen LogP contribution in [-0.2, 0) is 0 Å². The van der Waals surface area contributed by atoms with E-state index in [1.807, 2.05) is 19.1 Å². The largest absolute Gasteiger partial charge is 0.493 e. The number of nitrogens with zero attached hydrogens (tertiary/aromatic N) is 2. The summed E-state index contributed by atoms with van der Waals surface area (Å²) in [4.78, 5) is 68.8. The lowest BCUT2D eigenvalue weighted by molar-refractivity contribution is 0.0609. The Hall–Kier alpha value is -6.66. The van der Waals surface area contributed by atoms with E-state index in [1.54, 1.807) is 46.9 Å². The summed E-state index contributed by atoms with van der Waals surface area (Å²) in [7, 11) is 0. The maximum atomic E-state index is 17.0. The first-order chi connectivity index (χ1) is 47.6. The Balaban J connectivity index is 0.949. The molecule has 4 amide bonds. The van der Waals surface area contributed by atoms with E-state index in [-0.39, 0.29) is 46.6 Å². The molecule has 98 heavy (non-hydrogen) atoms. The number of benzene rings is 4. The average Bonchev–Trinajstić information content (AvgIpc) is 1.55. The minimum Gasteiger partial charge on any atom is -0.493 e. The SMILES string of the molecule is CCCCC(CC)COc1cccc(-c2c3cc(-c4sc(-c5ccc(-c6ccc(-c7ccc(-c8sc(C)c9c8C(=O)N(CC(CC)CCCC)C9=O)s7)c(F)c6F)s5)c5c4C(=O)N(CC(CC)CCCC)C5=O)sc3c(-c3cccc(OCC(CC)CCCC)c3)c3cc(C)sc23)c1. The molecule has 4 unspecified atom stereocenters. The van der Waals surface area contributed by atoms with Crippen LogP contribution < -0.4 is 9.47 Å². The van der Waals surface area contributed by atoms with E-state index < -0.39 is 11.6 Å². The molecule has 4 aromatic carbocycles. The molecule has 0 saturated heterocycles. The summed E-state index contributed by atoms with van der Waals surface area (Å²) in [5.74, 6) is -0.331. The van der Waals surface area contributed by atoms with E-state index in [4.69, 9.17) is 9.47 Å². The van der Waals surface area contributed by atoms with Crippen molar-refractivity contribution in [1.29, 1.82) is 0 Å². The Kier molecular flexibility index (Phi) is 22.9. The van der Waals surface area contributed by atoms with Crippen LogP contribution in [0.15, 0.2) is 97.1 Å². The summed E-state index contributed by atoms with van der Waals surface area (Å²) in [6, 6.07) is 32.0. The number of hydrogen-bond acceptors (Lipinski definition) is 12. The van der Waals surface area contributed by atoms with Gasteiger partial charge in [-0.05, 0) is 147 Å². The van der Waals surface area contributed by atoms with Crippen LogP contribution in [-0.4, -0.2) is 59.7 Å². The highest BCUT2D eigenvalue weighted by atomic mass is 32.1. The Morgan fingerprint density at radius 2 is 0.796 bits per heavy atom. The van der Waals surface area contributed by atoms with Crippen molar-refractivity contribution in [3.05, 3.63) is 141 Å². The molecule has 10 aromatic rings. The zero-order valence-corrected chi connectivity index (χ0v) is 63.1. The molecule has 8 nitrogen and oxygen atoms in total. The first kappa shape index (κ1) is 71.2. The molecule has 0 bridgehead atoms. The van der Waals surface area contributed by atoms with E-state index >= 15 is 18.4 Å². The molecule has 0 N–H and O–H groups in total. The van der Waals surface area contributed by atoms with Crippen molar-refractivity contribution < 1.29 is 37.4 Å². The topological polar surface area (TPSA) is 93.2 Å². The zero-order chi connectivity index (χ0) is 69.1. The van der Waals surface area contributed by atoms with Crippen molar-refractivity contribution >= 4 is 112 Å². The van der Waals surface area contributed by atoms with E-state index in [9.17, 15) is 9.59 Å². The third-order valence-electron chi connectivity index (χ3n) is 20.2. The van der Waals surface area contributed by atoms with Crippen LogP contribution in [0.2, 0.25) is 0 Å². The molecule has 6 aromatic heterocycles. The minimum absolute atomic E-state index is 0.0747. The van der Waals surface area contributed by atoms with Gasteiger partial charge in [-0.2, -0.15) is 0 Å². The lowest BCUT2D eigenvalue weighted by Crippen LogP contribution is -2.34. The molecule has 514 valence electrons. The zero-order valence-electron chi connectivity index (χ0n) is 58.2. The number of carbonyl (C=O) groups excluding carboxylic acids is 4. The lowest BCUT2D eigenvalue weighted by Gasteiger charge is -2.21. The fourth-order valence-corrected chi connectivity index (χ4v) is 21.4. The van der Waals surface area contributed by atoms with Gasteiger partial charge in [0.1, 0.15) is 11.5 Å². The van der Waals surface area contributed by atoms with Gasteiger partial charge in [0.2, 0.25) is 0 Å². The number of ether oxygens (including phenoxy) is 2. The highest BCUT2D eigenvalue weighted by Gasteiger charge is 2.45. The quantitative estimate of drug-likeness (QED) is 0.0381. The Bertz CT molecular complexity index is 4460. The monoisotopic (exact) mass is 1430 g/mol. The van der Waals surface area contributed by atoms with E-state index in [2.05, 4.69) is 123 Å². The predicted octanol–water partition coefficient (Wildman–Crippen LogP) is 25.7. The second-order valence-electron chi connectivity index (χ2n) is 26.9.